The second-order valence-electron chi connectivity index (χ2n) is 4.57. The molecule has 0 spiro atoms. The van der Waals surface area contributed by atoms with Crippen molar-refractivity contribution in [2.45, 2.75) is 13.5 Å². The molecule has 0 amide bonds. The van der Waals surface area contributed by atoms with Gasteiger partial charge >= 0.3 is 0 Å². The minimum absolute atomic E-state index is 0.168. The molecule has 0 saturated carbocycles. The third kappa shape index (κ3) is 3.08. The Hall–Kier alpha value is -2.69. The van der Waals surface area contributed by atoms with Crippen molar-refractivity contribution < 1.29 is 13.7 Å². The molecule has 106 valence electrons. The van der Waals surface area contributed by atoms with Gasteiger partial charge in [0.25, 0.3) is 5.89 Å². The molecule has 0 fully saturated rings. The van der Waals surface area contributed by atoms with Gasteiger partial charge in [-0.05, 0) is 42.8 Å². The van der Waals surface area contributed by atoms with Crippen molar-refractivity contribution in [1.82, 2.24) is 10.1 Å². The summed E-state index contributed by atoms with van der Waals surface area (Å²) in [5, 5.41) is 3.88. The quantitative estimate of drug-likeness (QED) is 0.732. The van der Waals surface area contributed by atoms with E-state index in [1.165, 1.54) is 12.1 Å². The van der Waals surface area contributed by atoms with E-state index in [0.29, 0.717) is 17.5 Å². The average molecular weight is 284 g/mol. The molecule has 0 N–H and O–H groups in total. The van der Waals surface area contributed by atoms with Crippen LogP contribution in [0.25, 0.3) is 11.5 Å². The zero-order chi connectivity index (χ0) is 14.7. The summed E-state index contributed by atoms with van der Waals surface area (Å²) in [4.78, 5) is 4.30. The van der Waals surface area contributed by atoms with Crippen LogP contribution in [-0.2, 0) is 6.61 Å². The summed E-state index contributed by atoms with van der Waals surface area (Å²) in [6.45, 7) is 2.15. The van der Waals surface area contributed by atoms with Gasteiger partial charge in [-0.3, -0.25) is 0 Å². The van der Waals surface area contributed by atoms with Crippen molar-refractivity contribution in [3.63, 3.8) is 0 Å². The van der Waals surface area contributed by atoms with Crippen molar-refractivity contribution in [3.8, 4) is 17.2 Å². The zero-order valence-corrected chi connectivity index (χ0v) is 11.4. The summed E-state index contributed by atoms with van der Waals surface area (Å²) in [5.74, 6) is 1.16. The Labute approximate surface area is 121 Å². The maximum Gasteiger partial charge on any atom is 0.258 e. The van der Waals surface area contributed by atoms with Crippen LogP contribution in [0.1, 0.15) is 11.4 Å². The molecule has 1 heterocycles. The fraction of sp³-hybridized carbons (Fsp3) is 0.125. The molecule has 2 aromatic carbocycles. The van der Waals surface area contributed by atoms with Crippen LogP contribution in [0, 0.1) is 12.7 Å². The molecule has 4 nitrogen and oxygen atoms in total. The Morgan fingerprint density at radius 1 is 1.10 bits per heavy atom. The molecule has 3 aromatic rings. The molecule has 0 aliphatic heterocycles. The Morgan fingerprint density at radius 3 is 2.62 bits per heavy atom. The van der Waals surface area contributed by atoms with Crippen LogP contribution < -0.4 is 4.74 Å². The number of hydrogen-bond donors (Lipinski definition) is 0. The van der Waals surface area contributed by atoms with E-state index in [9.17, 15) is 4.39 Å². The summed E-state index contributed by atoms with van der Waals surface area (Å²) in [7, 11) is 0. The Kier molecular flexibility index (Phi) is 3.64. The summed E-state index contributed by atoms with van der Waals surface area (Å²) in [6, 6.07) is 13.6. The highest BCUT2D eigenvalue weighted by atomic mass is 19.1. The van der Waals surface area contributed by atoms with Gasteiger partial charge in [-0.15, -0.1) is 0 Å². The first-order chi connectivity index (χ1) is 10.2. The first-order valence-corrected chi connectivity index (χ1v) is 6.49. The molecule has 0 unspecified atom stereocenters. The van der Waals surface area contributed by atoms with Crippen LogP contribution >= 0.6 is 0 Å². The van der Waals surface area contributed by atoms with Crippen molar-refractivity contribution in [2.75, 3.05) is 0 Å². The second kappa shape index (κ2) is 5.75. The minimum atomic E-state index is -0.302. The highest BCUT2D eigenvalue weighted by Crippen LogP contribution is 2.21. The molecule has 1 aromatic heterocycles. The van der Waals surface area contributed by atoms with E-state index in [-0.39, 0.29) is 12.4 Å². The number of rotatable bonds is 4. The summed E-state index contributed by atoms with van der Waals surface area (Å²) in [6.07, 6.45) is 0. The van der Waals surface area contributed by atoms with Crippen LogP contribution in [0.15, 0.2) is 53.1 Å². The number of benzene rings is 2. The molecule has 0 radical (unpaired) electrons. The summed E-state index contributed by atoms with van der Waals surface area (Å²) >= 11 is 0. The maximum atomic E-state index is 12.8. The lowest BCUT2D eigenvalue weighted by molar-refractivity contribution is 0.286. The lowest BCUT2D eigenvalue weighted by Gasteiger charge is -2.02. The number of nitrogens with zero attached hydrogens (tertiary/aromatic N) is 2. The van der Waals surface area contributed by atoms with Crippen molar-refractivity contribution in [2.24, 2.45) is 0 Å². The van der Waals surface area contributed by atoms with E-state index in [4.69, 9.17) is 9.26 Å². The molecule has 0 aliphatic rings. The molecule has 0 saturated heterocycles. The smallest absolute Gasteiger partial charge is 0.258 e. The standard InChI is InChI=1S/C16H13FN2O2/c1-11-4-2-3-5-14(11)16-18-15(19-21-16)10-20-13-8-6-12(17)7-9-13/h2-9H,10H2,1H3. The lowest BCUT2D eigenvalue weighted by Crippen LogP contribution is -1.97. The fourth-order valence-electron chi connectivity index (χ4n) is 1.91. The van der Waals surface area contributed by atoms with Gasteiger partial charge in [-0.1, -0.05) is 23.4 Å². The van der Waals surface area contributed by atoms with E-state index in [1.54, 1.807) is 12.1 Å². The van der Waals surface area contributed by atoms with Gasteiger partial charge in [0, 0.05) is 5.56 Å². The van der Waals surface area contributed by atoms with Crippen molar-refractivity contribution in [3.05, 3.63) is 65.7 Å². The summed E-state index contributed by atoms with van der Waals surface area (Å²) in [5.41, 5.74) is 1.96. The monoisotopic (exact) mass is 284 g/mol. The first kappa shape index (κ1) is 13.3. The SMILES string of the molecule is Cc1ccccc1-c1nc(COc2ccc(F)cc2)no1. The van der Waals surface area contributed by atoms with Crippen molar-refractivity contribution in [1.29, 1.82) is 0 Å². The van der Waals surface area contributed by atoms with Crippen LogP contribution in [0.4, 0.5) is 4.39 Å². The summed E-state index contributed by atoms with van der Waals surface area (Å²) < 4.78 is 23.5. The van der Waals surface area contributed by atoms with Gasteiger partial charge in [0.1, 0.15) is 11.6 Å². The molecule has 5 heteroatoms. The van der Waals surface area contributed by atoms with E-state index in [1.807, 2.05) is 31.2 Å². The lowest BCUT2D eigenvalue weighted by atomic mass is 10.1. The van der Waals surface area contributed by atoms with Gasteiger partial charge in [0.05, 0.1) is 0 Å². The van der Waals surface area contributed by atoms with E-state index >= 15 is 0 Å². The number of aromatic nitrogens is 2. The molecule has 0 aliphatic carbocycles. The van der Waals surface area contributed by atoms with Gasteiger partial charge in [-0.2, -0.15) is 4.98 Å². The Bertz CT molecular complexity index is 738. The largest absolute Gasteiger partial charge is 0.485 e. The Balaban J connectivity index is 1.71. The second-order valence-corrected chi connectivity index (χ2v) is 4.57. The van der Waals surface area contributed by atoms with Crippen LogP contribution in [0.2, 0.25) is 0 Å². The normalized spacial score (nSPS) is 10.6. The van der Waals surface area contributed by atoms with E-state index in [0.717, 1.165) is 11.1 Å². The van der Waals surface area contributed by atoms with E-state index in [2.05, 4.69) is 10.1 Å². The van der Waals surface area contributed by atoms with Gasteiger partial charge in [0.15, 0.2) is 6.61 Å². The predicted octanol–water partition coefficient (Wildman–Crippen LogP) is 3.76. The van der Waals surface area contributed by atoms with Crippen LogP contribution in [-0.4, -0.2) is 10.1 Å². The zero-order valence-electron chi connectivity index (χ0n) is 11.4. The topological polar surface area (TPSA) is 48.2 Å². The van der Waals surface area contributed by atoms with Gasteiger partial charge < -0.3 is 9.26 Å². The highest BCUT2D eigenvalue weighted by molar-refractivity contribution is 5.57. The molecular formula is C16H13FN2O2. The molecule has 3 rings (SSSR count). The fourth-order valence-corrected chi connectivity index (χ4v) is 1.91. The van der Waals surface area contributed by atoms with Gasteiger partial charge in [0.2, 0.25) is 5.82 Å². The molecule has 21 heavy (non-hydrogen) atoms. The Morgan fingerprint density at radius 2 is 1.86 bits per heavy atom. The molecular weight excluding hydrogens is 271 g/mol. The highest BCUT2D eigenvalue weighted by Gasteiger charge is 2.11. The third-order valence-electron chi connectivity index (χ3n) is 3.03. The van der Waals surface area contributed by atoms with Crippen molar-refractivity contribution >= 4 is 0 Å². The number of aryl methyl sites for hydroxylation is 1. The average Bonchev–Trinajstić information content (AvgIpc) is 2.96. The van der Waals surface area contributed by atoms with Crippen LogP contribution in [0.3, 0.4) is 0 Å². The molecule has 0 atom stereocenters. The number of hydrogen-bond acceptors (Lipinski definition) is 4. The third-order valence-corrected chi connectivity index (χ3v) is 3.03. The number of halogens is 1. The maximum absolute atomic E-state index is 12.8. The van der Waals surface area contributed by atoms with Crippen LogP contribution in [0.5, 0.6) is 5.75 Å². The minimum Gasteiger partial charge on any atom is -0.485 e. The molecule has 0 bridgehead atoms. The predicted molar refractivity (Wildman–Crippen MR) is 75.2 cm³/mol. The van der Waals surface area contributed by atoms with E-state index < -0.39 is 0 Å². The number of ether oxygens (including phenoxy) is 1. The first-order valence-electron chi connectivity index (χ1n) is 6.49. The van der Waals surface area contributed by atoms with Gasteiger partial charge in [-0.25, -0.2) is 4.39 Å².